The molecule has 0 saturated heterocycles. The smallest absolute Gasteiger partial charge is 0.313 e. The second-order valence-electron chi connectivity index (χ2n) is 4.16. The molecule has 0 aromatic carbocycles. The van der Waals surface area contributed by atoms with Gasteiger partial charge < -0.3 is 5.32 Å². The maximum atomic E-state index is 12.9. The van der Waals surface area contributed by atoms with Crippen LogP contribution in [-0.4, -0.2) is 24.0 Å². The Morgan fingerprint density at radius 3 is 2.61 bits per heavy atom. The lowest BCUT2D eigenvalue weighted by atomic mass is 9.93. The summed E-state index contributed by atoms with van der Waals surface area (Å²) in [6.07, 6.45) is 0.0860. The van der Waals surface area contributed by atoms with Gasteiger partial charge in [0.15, 0.2) is 0 Å². The van der Waals surface area contributed by atoms with Gasteiger partial charge >= 0.3 is 6.18 Å². The van der Waals surface area contributed by atoms with E-state index in [1.165, 1.54) is 12.4 Å². The number of nitrogens with one attached hydrogen (secondary N) is 1. The summed E-state index contributed by atoms with van der Waals surface area (Å²) in [6.45, 7) is 1.94. The maximum absolute atomic E-state index is 12.9. The van der Waals surface area contributed by atoms with Gasteiger partial charge in [-0.1, -0.05) is 6.92 Å². The molecule has 1 N–H and O–H groups in total. The Kier molecular flexibility index (Phi) is 5.47. The first-order valence-corrected chi connectivity index (χ1v) is 6.98. The molecule has 0 saturated carbocycles. The zero-order chi connectivity index (χ0) is 13.8. The quantitative estimate of drug-likeness (QED) is 0.894. The third kappa shape index (κ3) is 3.62. The van der Waals surface area contributed by atoms with Crippen LogP contribution in [0.15, 0.2) is 18.5 Å². The Morgan fingerprint density at radius 2 is 2.11 bits per heavy atom. The standard InChI is InChI=1S/C12H17F3N2S/c1-8(7-18-3)11(16-2)9-6-17-5-4-10(9)12(13,14)15/h4-6,8,11,16H,7H2,1-3H3. The molecule has 0 aliphatic rings. The highest BCUT2D eigenvalue weighted by molar-refractivity contribution is 7.98. The second-order valence-corrected chi connectivity index (χ2v) is 5.07. The van der Waals surface area contributed by atoms with E-state index in [1.807, 2.05) is 13.2 Å². The summed E-state index contributed by atoms with van der Waals surface area (Å²) >= 11 is 1.62. The fourth-order valence-electron chi connectivity index (χ4n) is 2.02. The third-order valence-corrected chi connectivity index (χ3v) is 3.66. The predicted molar refractivity (Wildman–Crippen MR) is 68.6 cm³/mol. The van der Waals surface area contributed by atoms with Gasteiger partial charge in [0, 0.05) is 18.4 Å². The van der Waals surface area contributed by atoms with E-state index in [0.29, 0.717) is 0 Å². The maximum Gasteiger partial charge on any atom is 0.416 e. The van der Waals surface area contributed by atoms with Crippen molar-refractivity contribution in [3.8, 4) is 0 Å². The molecule has 6 heteroatoms. The van der Waals surface area contributed by atoms with Crippen molar-refractivity contribution in [3.63, 3.8) is 0 Å². The van der Waals surface area contributed by atoms with E-state index in [-0.39, 0.29) is 17.5 Å². The average molecular weight is 278 g/mol. The van der Waals surface area contributed by atoms with E-state index < -0.39 is 11.7 Å². The highest BCUT2D eigenvalue weighted by atomic mass is 32.2. The first-order valence-electron chi connectivity index (χ1n) is 5.59. The summed E-state index contributed by atoms with van der Waals surface area (Å²) < 4.78 is 38.8. The third-order valence-electron chi connectivity index (χ3n) is 2.80. The minimum absolute atomic E-state index is 0.0929. The summed E-state index contributed by atoms with van der Waals surface area (Å²) in [4.78, 5) is 3.82. The van der Waals surface area contributed by atoms with E-state index in [0.717, 1.165) is 11.8 Å². The summed E-state index contributed by atoms with van der Waals surface area (Å²) in [5, 5.41) is 2.96. The zero-order valence-corrected chi connectivity index (χ0v) is 11.4. The van der Waals surface area contributed by atoms with Crippen molar-refractivity contribution in [2.45, 2.75) is 19.1 Å². The van der Waals surface area contributed by atoms with Crippen molar-refractivity contribution in [1.82, 2.24) is 10.3 Å². The van der Waals surface area contributed by atoms with Gasteiger partial charge in [0.25, 0.3) is 0 Å². The van der Waals surface area contributed by atoms with Crippen LogP contribution in [0.3, 0.4) is 0 Å². The molecule has 1 rings (SSSR count). The highest BCUT2D eigenvalue weighted by Crippen LogP contribution is 2.36. The Hall–Kier alpha value is -0.750. The Labute approximate surface area is 109 Å². The molecule has 1 aromatic rings. The second kappa shape index (κ2) is 6.43. The topological polar surface area (TPSA) is 24.9 Å². The van der Waals surface area contributed by atoms with E-state index in [4.69, 9.17) is 0 Å². The Balaban J connectivity index is 3.13. The number of halogens is 3. The van der Waals surface area contributed by atoms with Gasteiger partial charge in [0.05, 0.1) is 5.56 Å². The van der Waals surface area contributed by atoms with Crippen molar-refractivity contribution < 1.29 is 13.2 Å². The Morgan fingerprint density at radius 1 is 1.44 bits per heavy atom. The first-order chi connectivity index (χ1) is 8.41. The molecule has 0 spiro atoms. The van der Waals surface area contributed by atoms with Gasteiger partial charge in [-0.05, 0) is 36.6 Å². The number of alkyl halides is 3. The largest absolute Gasteiger partial charge is 0.416 e. The van der Waals surface area contributed by atoms with Gasteiger partial charge in [0.1, 0.15) is 0 Å². The summed E-state index contributed by atoms with van der Waals surface area (Å²) in [5.74, 6) is 0.882. The molecule has 0 aliphatic heterocycles. The van der Waals surface area contributed by atoms with E-state index in [2.05, 4.69) is 10.3 Å². The number of hydrogen-bond donors (Lipinski definition) is 1. The molecule has 2 nitrogen and oxygen atoms in total. The molecule has 1 heterocycles. The monoisotopic (exact) mass is 278 g/mol. The lowest BCUT2D eigenvalue weighted by Crippen LogP contribution is -2.27. The van der Waals surface area contributed by atoms with Crippen LogP contribution in [0.2, 0.25) is 0 Å². The fraction of sp³-hybridized carbons (Fsp3) is 0.583. The van der Waals surface area contributed by atoms with Crippen LogP contribution in [0, 0.1) is 5.92 Å². The summed E-state index contributed by atoms with van der Waals surface area (Å²) in [7, 11) is 1.68. The lowest BCUT2D eigenvalue weighted by molar-refractivity contribution is -0.138. The minimum atomic E-state index is -4.34. The Bertz CT molecular complexity index is 382. The van der Waals surface area contributed by atoms with E-state index in [1.54, 1.807) is 18.8 Å². The molecule has 102 valence electrons. The van der Waals surface area contributed by atoms with Crippen molar-refractivity contribution in [2.24, 2.45) is 5.92 Å². The number of hydrogen-bond acceptors (Lipinski definition) is 3. The lowest BCUT2D eigenvalue weighted by Gasteiger charge is -2.25. The molecule has 2 unspecified atom stereocenters. The van der Waals surface area contributed by atoms with Gasteiger partial charge in [-0.25, -0.2) is 0 Å². The SMILES string of the molecule is CNC(c1cnccc1C(F)(F)F)C(C)CSC. The van der Waals surface area contributed by atoms with Crippen LogP contribution in [0.4, 0.5) is 13.2 Å². The van der Waals surface area contributed by atoms with Crippen LogP contribution in [-0.2, 0) is 6.18 Å². The molecule has 0 bridgehead atoms. The number of rotatable bonds is 5. The number of pyridine rings is 1. The predicted octanol–water partition coefficient (Wildman–Crippen LogP) is 3.36. The molecule has 18 heavy (non-hydrogen) atoms. The van der Waals surface area contributed by atoms with Crippen molar-refractivity contribution in [3.05, 3.63) is 29.6 Å². The van der Waals surface area contributed by atoms with Crippen LogP contribution >= 0.6 is 11.8 Å². The number of nitrogens with zero attached hydrogens (tertiary/aromatic N) is 1. The van der Waals surface area contributed by atoms with E-state index >= 15 is 0 Å². The molecule has 1 aromatic heterocycles. The van der Waals surface area contributed by atoms with Gasteiger partial charge in [-0.3, -0.25) is 4.98 Å². The normalized spacial score (nSPS) is 15.4. The summed E-state index contributed by atoms with van der Waals surface area (Å²) in [6, 6.07) is 0.689. The van der Waals surface area contributed by atoms with Gasteiger partial charge in [-0.15, -0.1) is 0 Å². The molecule has 2 atom stereocenters. The van der Waals surface area contributed by atoms with E-state index in [9.17, 15) is 13.2 Å². The van der Waals surface area contributed by atoms with Crippen LogP contribution in [0.5, 0.6) is 0 Å². The summed E-state index contributed by atoms with van der Waals surface area (Å²) in [5.41, 5.74) is -0.390. The van der Waals surface area contributed by atoms with Crippen molar-refractivity contribution in [2.75, 3.05) is 19.1 Å². The molecule has 0 aliphatic carbocycles. The molecule has 0 fully saturated rings. The zero-order valence-electron chi connectivity index (χ0n) is 10.6. The highest BCUT2D eigenvalue weighted by Gasteiger charge is 2.36. The van der Waals surface area contributed by atoms with Crippen LogP contribution in [0.1, 0.15) is 24.1 Å². The van der Waals surface area contributed by atoms with Crippen LogP contribution < -0.4 is 5.32 Å². The van der Waals surface area contributed by atoms with Gasteiger partial charge in [-0.2, -0.15) is 24.9 Å². The molecular formula is C12H17F3N2S. The fourth-order valence-corrected chi connectivity index (χ4v) is 2.74. The number of aromatic nitrogens is 1. The molecule has 0 radical (unpaired) electrons. The minimum Gasteiger partial charge on any atom is -0.313 e. The molecule has 0 amide bonds. The average Bonchev–Trinajstić information content (AvgIpc) is 2.29. The number of thioether (sulfide) groups is 1. The first kappa shape index (κ1) is 15.3. The van der Waals surface area contributed by atoms with Gasteiger partial charge in [0.2, 0.25) is 0 Å². The van der Waals surface area contributed by atoms with Crippen LogP contribution in [0.25, 0.3) is 0 Å². The van der Waals surface area contributed by atoms with Crippen molar-refractivity contribution >= 4 is 11.8 Å². The van der Waals surface area contributed by atoms with Crippen molar-refractivity contribution in [1.29, 1.82) is 0 Å². The molecular weight excluding hydrogens is 261 g/mol.